The Morgan fingerprint density at radius 3 is 2.21 bits per heavy atom. The summed E-state index contributed by atoms with van der Waals surface area (Å²) in [6.45, 7) is 6.43. The van der Waals surface area contributed by atoms with Crippen LogP contribution in [-0.2, 0) is 16.4 Å². The van der Waals surface area contributed by atoms with Gasteiger partial charge in [0.25, 0.3) is 0 Å². The molecule has 4 nitrogen and oxygen atoms in total. The largest absolute Gasteiger partial charge is 0.330 e. The fraction of sp³-hybridized carbons (Fsp3) is 0.571. The van der Waals surface area contributed by atoms with E-state index in [4.69, 9.17) is 5.73 Å². The van der Waals surface area contributed by atoms with E-state index in [1.165, 1.54) is 5.56 Å². The molecule has 0 bridgehead atoms. The second-order valence-corrected chi connectivity index (χ2v) is 7.45. The molecule has 0 saturated heterocycles. The van der Waals surface area contributed by atoms with Crippen LogP contribution >= 0.6 is 0 Å². The molecule has 5 heteroatoms. The minimum atomic E-state index is -3.18. The van der Waals surface area contributed by atoms with Gasteiger partial charge < -0.3 is 5.73 Å². The quantitative estimate of drug-likeness (QED) is 0.799. The number of rotatable bonds is 7. The van der Waals surface area contributed by atoms with Gasteiger partial charge in [0.15, 0.2) is 0 Å². The summed E-state index contributed by atoms with van der Waals surface area (Å²) in [4.78, 5) is 0. The van der Waals surface area contributed by atoms with Crippen molar-refractivity contribution in [1.82, 2.24) is 4.72 Å². The first-order chi connectivity index (χ1) is 8.86. The second-order valence-electron chi connectivity index (χ2n) is 5.12. The molecule has 1 aromatic rings. The van der Waals surface area contributed by atoms with Crippen molar-refractivity contribution < 1.29 is 8.42 Å². The highest BCUT2D eigenvalue weighted by Gasteiger charge is 2.16. The fourth-order valence-corrected chi connectivity index (χ4v) is 2.52. The van der Waals surface area contributed by atoms with Crippen LogP contribution in [0.1, 0.15) is 37.8 Å². The molecule has 19 heavy (non-hydrogen) atoms. The Labute approximate surface area is 116 Å². The van der Waals surface area contributed by atoms with E-state index in [0.29, 0.717) is 13.1 Å². The Morgan fingerprint density at radius 2 is 1.74 bits per heavy atom. The van der Waals surface area contributed by atoms with Crippen LogP contribution in [0.3, 0.4) is 0 Å². The Balaban J connectivity index is 2.61. The van der Waals surface area contributed by atoms with Crippen molar-refractivity contribution in [1.29, 1.82) is 0 Å². The maximum Gasteiger partial charge on any atom is 0.213 e. The lowest BCUT2D eigenvalue weighted by Crippen LogP contribution is -2.33. The normalized spacial score (nSPS) is 13.7. The number of hydrogen-bond acceptors (Lipinski definition) is 3. The average Bonchev–Trinajstić information content (AvgIpc) is 2.37. The summed E-state index contributed by atoms with van der Waals surface area (Å²) in [6.07, 6.45) is 0.870. The number of nitrogens with one attached hydrogen (secondary N) is 1. The molecule has 108 valence electrons. The van der Waals surface area contributed by atoms with Crippen molar-refractivity contribution in [3.05, 3.63) is 35.4 Å². The molecule has 0 aliphatic heterocycles. The van der Waals surface area contributed by atoms with Crippen LogP contribution in [0.15, 0.2) is 24.3 Å². The first kappa shape index (κ1) is 16.1. The van der Waals surface area contributed by atoms with Gasteiger partial charge in [0, 0.05) is 6.54 Å². The fourth-order valence-electron chi connectivity index (χ4n) is 1.71. The van der Waals surface area contributed by atoms with Crippen molar-refractivity contribution in [2.45, 2.75) is 38.4 Å². The van der Waals surface area contributed by atoms with Crippen LogP contribution < -0.4 is 10.5 Å². The summed E-state index contributed by atoms with van der Waals surface area (Å²) in [5.74, 6) is 0.153. The summed E-state index contributed by atoms with van der Waals surface area (Å²) in [7, 11) is -3.18. The highest BCUT2D eigenvalue weighted by atomic mass is 32.2. The van der Waals surface area contributed by atoms with Gasteiger partial charge in [-0.15, -0.1) is 0 Å². The molecular formula is C14H24N2O2S. The molecular weight excluding hydrogens is 260 g/mol. The zero-order valence-corrected chi connectivity index (χ0v) is 12.7. The third kappa shape index (κ3) is 4.93. The standard InChI is InChI=1S/C14H24N2O2S/c1-11(2)19(17,18)16-10-12(3)14-6-4-13(5-7-14)8-9-15/h4-7,11-12,16H,8-10,15H2,1-3H3. The maximum absolute atomic E-state index is 11.7. The topological polar surface area (TPSA) is 72.2 Å². The molecule has 1 atom stereocenters. The molecule has 1 unspecified atom stereocenters. The number of hydrogen-bond donors (Lipinski definition) is 2. The monoisotopic (exact) mass is 284 g/mol. The molecule has 0 radical (unpaired) electrons. The molecule has 0 aliphatic rings. The number of sulfonamides is 1. The highest BCUT2D eigenvalue weighted by molar-refractivity contribution is 7.90. The van der Waals surface area contributed by atoms with E-state index in [1.54, 1.807) is 13.8 Å². The van der Waals surface area contributed by atoms with Gasteiger partial charge in [-0.05, 0) is 43.9 Å². The Hall–Kier alpha value is -0.910. The summed E-state index contributed by atoms with van der Waals surface area (Å²) in [6, 6.07) is 8.18. The van der Waals surface area contributed by atoms with Crippen LogP contribution in [0.25, 0.3) is 0 Å². The van der Waals surface area contributed by atoms with Crippen LogP contribution in [0.2, 0.25) is 0 Å². The van der Waals surface area contributed by atoms with Gasteiger partial charge in [0.2, 0.25) is 10.0 Å². The van der Waals surface area contributed by atoms with Crippen molar-refractivity contribution in [2.24, 2.45) is 5.73 Å². The summed E-state index contributed by atoms with van der Waals surface area (Å²) in [5, 5.41) is -0.397. The average molecular weight is 284 g/mol. The molecule has 0 saturated carbocycles. The van der Waals surface area contributed by atoms with Gasteiger partial charge in [-0.25, -0.2) is 13.1 Å². The molecule has 0 heterocycles. The first-order valence-electron chi connectivity index (χ1n) is 6.64. The van der Waals surface area contributed by atoms with Crippen LogP contribution in [0, 0.1) is 0 Å². The SMILES string of the molecule is CC(CNS(=O)(=O)C(C)C)c1ccc(CCN)cc1. The molecule has 0 fully saturated rings. The van der Waals surface area contributed by atoms with Gasteiger partial charge in [-0.1, -0.05) is 31.2 Å². The molecule has 0 aromatic heterocycles. The molecule has 1 aromatic carbocycles. The lowest BCUT2D eigenvalue weighted by molar-refractivity contribution is 0.566. The Kier molecular flexibility index (Phi) is 5.97. The zero-order chi connectivity index (χ0) is 14.5. The van der Waals surface area contributed by atoms with E-state index < -0.39 is 15.3 Å². The molecule has 0 aliphatic carbocycles. The highest BCUT2D eigenvalue weighted by Crippen LogP contribution is 2.16. The minimum Gasteiger partial charge on any atom is -0.330 e. The number of nitrogens with two attached hydrogens (primary N) is 1. The summed E-state index contributed by atoms with van der Waals surface area (Å²) < 4.78 is 26.0. The third-order valence-electron chi connectivity index (χ3n) is 3.19. The smallest absolute Gasteiger partial charge is 0.213 e. The number of benzene rings is 1. The second kappa shape index (κ2) is 7.03. The van der Waals surface area contributed by atoms with Crippen LogP contribution in [-0.4, -0.2) is 26.8 Å². The maximum atomic E-state index is 11.7. The van der Waals surface area contributed by atoms with Crippen molar-refractivity contribution in [2.75, 3.05) is 13.1 Å². The van der Waals surface area contributed by atoms with Gasteiger partial charge in [-0.3, -0.25) is 0 Å². The van der Waals surface area contributed by atoms with Crippen molar-refractivity contribution in [3.63, 3.8) is 0 Å². The predicted octanol–water partition coefficient (Wildman–Crippen LogP) is 1.62. The molecule has 0 spiro atoms. The van der Waals surface area contributed by atoms with Gasteiger partial charge >= 0.3 is 0 Å². The van der Waals surface area contributed by atoms with Crippen LogP contribution in [0.5, 0.6) is 0 Å². The van der Waals surface area contributed by atoms with Crippen molar-refractivity contribution >= 4 is 10.0 Å². The van der Waals surface area contributed by atoms with Gasteiger partial charge in [0.05, 0.1) is 5.25 Å². The van der Waals surface area contributed by atoms with Gasteiger partial charge in [-0.2, -0.15) is 0 Å². The lowest BCUT2D eigenvalue weighted by Gasteiger charge is -2.15. The zero-order valence-electron chi connectivity index (χ0n) is 11.9. The van der Waals surface area contributed by atoms with E-state index in [-0.39, 0.29) is 5.92 Å². The minimum absolute atomic E-state index is 0.153. The van der Waals surface area contributed by atoms with Crippen molar-refractivity contribution in [3.8, 4) is 0 Å². The van der Waals surface area contributed by atoms with E-state index in [9.17, 15) is 8.42 Å². The third-order valence-corrected chi connectivity index (χ3v) is 5.00. The van der Waals surface area contributed by atoms with Gasteiger partial charge in [0.1, 0.15) is 0 Å². The van der Waals surface area contributed by atoms with E-state index in [1.807, 2.05) is 19.1 Å². The predicted molar refractivity (Wildman–Crippen MR) is 79.7 cm³/mol. The Bertz CT molecular complexity index is 481. The molecule has 3 N–H and O–H groups in total. The first-order valence-corrected chi connectivity index (χ1v) is 8.19. The Morgan fingerprint density at radius 1 is 1.16 bits per heavy atom. The van der Waals surface area contributed by atoms with Crippen LogP contribution in [0.4, 0.5) is 0 Å². The van der Waals surface area contributed by atoms with E-state index >= 15 is 0 Å². The molecule has 1 rings (SSSR count). The molecule has 0 amide bonds. The lowest BCUT2D eigenvalue weighted by atomic mass is 9.99. The van der Waals surface area contributed by atoms with E-state index in [0.717, 1.165) is 12.0 Å². The van der Waals surface area contributed by atoms with E-state index in [2.05, 4.69) is 16.9 Å². The summed E-state index contributed by atoms with van der Waals surface area (Å²) >= 11 is 0. The summed E-state index contributed by atoms with van der Waals surface area (Å²) in [5.41, 5.74) is 7.85.